The smallest absolute Gasteiger partial charge is 0.324 e. The van der Waals surface area contributed by atoms with E-state index in [0.29, 0.717) is 12.3 Å². The Morgan fingerprint density at radius 1 is 1.07 bits per heavy atom. The molecule has 1 atom stereocenters. The van der Waals surface area contributed by atoms with E-state index < -0.39 is 0 Å². The summed E-state index contributed by atoms with van der Waals surface area (Å²) < 4.78 is 1.13. The van der Waals surface area contributed by atoms with E-state index in [0.717, 1.165) is 74.1 Å². The zero-order chi connectivity index (χ0) is 21.1. The maximum Gasteiger partial charge on any atom is 0.324 e. The quantitative estimate of drug-likeness (QED) is 0.624. The number of hydrogen-bond donors (Lipinski definition) is 1. The number of carbonyl (C=O) groups excluding carboxylic acids is 2. The number of likely N-dealkylation sites (tertiary alicyclic amines) is 1. The van der Waals surface area contributed by atoms with Crippen molar-refractivity contribution in [3.8, 4) is 0 Å². The second kappa shape index (κ2) is 10.0. The van der Waals surface area contributed by atoms with Gasteiger partial charge >= 0.3 is 6.03 Å². The van der Waals surface area contributed by atoms with Crippen LogP contribution in [0, 0.1) is 5.92 Å². The molecule has 0 bridgehead atoms. The Balaban J connectivity index is 1.25. The molecule has 1 aromatic rings. The summed E-state index contributed by atoms with van der Waals surface area (Å²) in [6, 6.07) is 5.85. The molecule has 3 fully saturated rings. The zero-order valence-corrected chi connectivity index (χ0v) is 19.8. The number of amides is 3. The molecular weight excluding hydrogens is 466 g/mol. The molecule has 0 radical (unpaired) electrons. The SMILES string of the molecule is O=C1CC(CN2CCC(Cc3cc(Cl)ccc3Br)CC2)NC(=O)N1C1CCCCC1. The van der Waals surface area contributed by atoms with Crippen LogP contribution in [0.1, 0.15) is 56.9 Å². The second-order valence-corrected chi connectivity index (χ2v) is 10.4. The lowest BCUT2D eigenvalue weighted by Gasteiger charge is -2.40. The van der Waals surface area contributed by atoms with Crippen molar-refractivity contribution in [2.24, 2.45) is 5.92 Å². The number of imide groups is 1. The molecule has 2 heterocycles. The van der Waals surface area contributed by atoms with Crippen molar-refractivity contribution in [3.05, 3.63) is 33.3 Å². The van der Waals surface area contributed by atoms with Crippen molar-refractivity contribution < 1.29 is 9.59 Å². The molecule has 1 aliphatic carbocycles. The standard InChI is InChI=1S/C23H31BrClN3O2/c24-21-7-6-18(25)13-17(21)12-16-8-10-27(11-9-16)15-19-14-22(29)28(23(30)26-19)20-4-2-1-3-5-20/h6-7,13,16,19-20H,1-5,8-12,14-15H2,(H,26,30). The van der Waals surface area contributed by atoms with Gasteiger partial charge < -0.3 is 10.2 Å². The first kappa shape index (κ1) is 22.1. The molecule has 164 valence electrons. The number of halogens is 2. The Morgan fingerprint density at radius 2 is 1.80 bits per heavy atom. The Labute approximate surface area is 192 Å². The highest BCUT2D eigenvalue weighted by Crippen LogP contribution is 2.29. The van der Waals surface area contributed by atoms with Crippen molar-refractivity contribution in [3.63, 3.8) is 0 Å². The average molecular weight is 497 g/mol. The van der Waals surface area contributed by atoms with E-state index in [1.807, 2.05) is 12.1 Å². The summed E-state index contributed by atoms with van der Waals surface area (Å²) in [6.07, 6.45) is 9.08. The molecule has 7 heteroatoms. The summed E-state index contributed by atoms with van der Waals surface area (Å²) in [7, 11) is 0. The molecule has 5 nitrogen and oxygen atoms in total. The predicted octanol–water partition coefficient (Wildman–Crippen LogP) is 5.00. The molecule has 1 N–H and O–H groups in total. The van der Waals surface area contributed by atoms with Crippen molar-refractivity contribution in [2.75, 3.05) is 19.6 Å². The van der Waals surface area contributed by atoms with Crippen LogP contribution in [0.2, 0.25) is 5.02 Å². The Hall–Kier alpha value is -1.11. The van der Waals surface area contributed by atoms with Crippen molar-refractivity contribution in [2.45, 2.75) is 69.9 Å². The second-order valence-electron chi connectivity index (χ2n) is 9.09. The monoisotopic (exact) mass is 495 g/mol. The minimum absolute atomic E-state index is 0.0105. The number of piperidine rings is 1. The number of nitrogens with one attached hydrogen (secondary N) is 1. The van der Waals surface area contributed by atoms with Gasteiger partial charge in [-0.25, -0.2) is 4.79 Å². The summed E-state index contributed by atoms with van der Waals surface area (Å²) in [5, 5.41) is 3.89. The number of rotatable bonds is 5. The van der Waals surface area contributed by atoms with E-state index in [-0.39, 0.29) is 24.0 Å². The molecule has 4 rings (SSSR count). The molecule has 0 aromatic heterocycles. The van der Waals surface area contributed by atoms with Crippen LogP contribution in [0.4, 0.5) is 4.79 Å². The molecule has 1 unspecified atom stereocenters. The third-order valence-electron chi connectivity index (χ3n) is 6.88. The number of carbonyl (C=O) groups is 2. The number of benzene rings is 1. The molecule has 0 spiro atoms. The normalized spacial score (nSPS) is 24.9. The lowest BCUT2D eigenvalue weighted by molar-refractivity contribution is -0.132. The van der Waals surface area contributed by atoms with Crippen molar-refractivity contribution in [1.29, 1.82) is 0 Å². The summed E-state index contributed by atoms with van der Waals surface area (Å²) in [4.78, 5) is 29.3. The van der Waals surface area contributed by atoms with E-state index in [4.69, 9.17) is 11.6 Å². The first-order chi connectivity index (χ1) is 14.5. The van der Waals surface area contributed by atoms with Crippen LogP contribution in [-0.2, 0) is 11.2 Å². The van der Waals surface area contributed by atoms with Crippen LogP contribution in [-0.4, -0.2) is 53.5 Å². The molecule has 1 aromatic carbocycles. The van der Waals surface area contributed by atoms with E-state index in [9.17, 15) is 9.59 Å². The van der Waals surface area contributed by atoms with Crippen molar-refractivity contribution >= 4 is 39.5 Å². The van der Waals surface area contributed by atoms with Crippen LogP contribution in [0.25, 0.3) is 0 Å². The lowest BCUT2D eigenvalue weighted by atomic mass is 9.90. The van der Waals surface area contributed by atoms with Gasteiger partial charge in [0.15, 0.2) is 0 Å². The molecule has 2 saturated heterocycles. The van der Waals surface area contributed by atoms with Gasteiger partial charge in [0.2, 0.25) is 5.91 Å². The molecule has 2 aliphatic heterocycles. The molecule has 30 heavy (non-hydrogen) atoms. The largest absolute Gasteiger partial charge is 0.333 e. The van der Waals surface area contributed by atoms with Gasteiger partial charge in [0, 0.05) is 28.5 Å². The Kier molecular flexibility index (Phi) is 7.37. The summed E-state index contributed by atoms with van der Waals surface area (Å²) in [5.74, 6) is 0.650. The van der Waals surface area contributed by atoms with Crippen LogP contribution in [0.5, 0.6) is 0 Å². The fourth-order valence-electron chi connectivity index (χ4n) is 5.23. The number of urea groups is 1. The van der Waals surface area contributed by atoms with Gasteiger partial charge in [-0.05, 0) is 74.9 Å². The third kappa shape index (κ3) is 5.38. The zero-order valence-electron chi connectivity index (χ0n) is 17.4. The molecule has 3 aliphatic rings. The number of hydrogen-bond acceptors (Lipinski definition) is 3. The maximum absolute atomic E-state index is 12.7. The first-order valence-electron chi connectivity index (χ1n) is 11.3. The van der Waals surface area contributed by atoms with Crippen LogP contribution < -0.4 is 5.32 Å². The van der Waals surface area contributed by atoms with Gasteiger partial charge in [-0.15, -0.1) is 0 Å². The van der Waals surface area contributed by atoms with Crippen LogP contribution in [0.3, 0.4) is 0 Å². The van der Waals surface area contributed by atoms with Gasteiger partial charge in [0.05, 0.1) is 6.04 Å². The molecule has 3 amide bonds. The Bertz CT molecular complexity index is 758. The van der Waals surface area contributed by atoms with Crippen LogP contribution >= 0.6 is 27.5 Å². The van der Waals surface area contributed by atoms with Gasteiger partial charge in [-0.1, -0.05) is 46.8 Å². The highest BCUT2D eigenvalue weighted by atomic mass is 79.9. The fraction of sp³-hybridized carbons (Fsp3) is 0.652. The first-order valence-corrected chi connectivity index (χ1v) is 12.5. The van der Waals surface area contributed by atoms with Crippen molar-refractivity contribution in [1.82, 2.24) is 15.1 Å². The third-order valence-corrected chi connectivity index (χ3v) is 7.89. The average Bonchev–Trinajstić information content (AvgIpc) is 2.72. The van der Waals surface area contributed by atoms with Gasteiger partial charge in [-0.2, -0.15) is 0 Å². The minimum atomic E-state index is -0.177. The maximum atomic E-state index is 12.7. The lowest BCUT2D eigenvalue weighted by Crippen LogP contribution is -2.60. The van der Waals surface area contributed by atoms with E-state index >= 15 is 0 Å². The van der Waals surface area contributed by atoms with E-state index in [1.54, 1.807) is 0 Å². The summed E-state index contributed by atoms with van der Waals surface area (Å²) in [5.41, 5.74) is 1.27. The van der Waals surface area contributed by atoms with Gasteiger partial charge in [-0.3, -0.25) is 9.69 Å². The topological polar surface area (TPSA) is 52.7 Å². The van der Waals surface area contributed by atoms with Gasteiger partial charge in [0.25, 0.3) is 0 Å². The summed E-state index contributed by atoms with van der Waals surface area (Å²) >= 11 is 9.79. The van der Waals surface area contributed by atoms with Crippen LogP contribution in [0.15, 0.2) is 22.7 Å². The number of nitrogens with zero attached hydrogens (tertiary/aromatic N) is 2. The minimum Gasteiger partial charge on any atom is -0.333 e. The van der Waals surface area contributed by atoms with E-state index in [2.05, 4.69) is 32.2 Å². The summed E-state index contributed by atoms with van der Waals surface area (Å²) in [6.45, 7) is 2.79. The predicted molar refractivity (Wildman–Crippen MR) is 123 cm³/mol. The van der Waals surface area contributed by atoms with E-state index in [1.165, 1.54) is 16.9 Å². The molecular formula is C23H31BrClN3O2. The Morgan fingerprint density at radius 3 is 2.50 bits per heavy atom. The van der Waals surface area contributed by atoms with Gasteiger partial charge in [0.1, 0.15) is 0 Å². The highest BCUT2D eigenvalue weighted by Gasteiger charge is 2.37. The fourth-order valence-corrected chi connectivity index (χ4v) is 5.84. The highest BCUT2D eigenvalue weighted by molar-refractivity contribution is 9.10. The molecule has 1 saturated carbocycles.